The summed E-state index contributed by atoms with van der Waals surface area (Å²) in [4.78, 5) is 28.9. The molecule has 20 heavy (non-hydrogen) atoms. The van der Waals surface area contributed by atoms with Gasteiger partial charge in [-0.1, -0.05) is 6.92 Å². The topological polar surface area (TPSA) is 96.5 Å². The molecule has 3 N–H and O–H groups in total. The first kappa shape index (κ1) is 14.3. The van der Waals surface area contributed by atoms with Crippen LogP contribution in [0.4, 0.5) is 5.82 Å². The summed E-state index contributed by atoms with van der Waals surface area (Å²) in [5, 5.41) is 9.48. The Labute approximate surface area is 117 Å². The van der Waals surface area contributed by atoms with Gasteiger partial charge in [-0.25, -0.2) is 4.98 Å². The molecule has 1 aliphatic heterocycles. The van der Waals surface area contributed by atoms with Crippen molar-refractivity contribution in [3.63, 3.8) is 0 Å². The Morgan fingerprint density at radius 2 is 2.30 bits per heavy atom. The van der Waals surface area contributed by atoms with Crippen molar-refractivity contribution < 1.29 is 14.7 Å². The van der Waals surface area contributed by atoms with Gasteiger partial charge in [0.15, 0.2) is 0 Å². The number of piperidine rings is 1. The Morgan fingerprint density at radius 1 is 1.55 bits per heavy atom. The number of nitrogens with zero attached hydrogens (tertiary/aromatic N) is 2. The van der Waals surface area contributed by atoms with Crippen molar-refractivity contribution in [1.29, 1.82) is 0 Å². The van der Waals surface area contributed by atoms with Crippen molar-refractivity contribution in [2.75, 3.05) is 18.0 Å². The van der Waals surface area contributed by atoms with Gasteiger partial charge in [0.1, 0.15) is 5.82 Å². The number of aromatic nitrogens is 1. The van der Waals surface area contributed by atoms with E-state index < -0.39 is 17.3 Å². The number of anilines is 1. The molecule has 1 aliphatic rings. The smallest absolute Gasteiger partial charge is 0.311 e. The van der Waals surface area contributed by atoms with Gasteiger partial charge in [-0.15, -0.1) is 0 Å². The van der Waals surface area contributed by atoms with E-state index in [0.717, 1.165) is 13.0 Å². The number of amides is 1. The van der Waals surface area contributed by atoms with Crippen LogP contribution in [0.2, 0.25) is 0 Å². The van der Waals surface area contributed by atoms with Gasteiger partial charge < -0.3 is 15.7 Å². The molecular weight excluding hydrogens is 258 g/mol. The zero-order valence-corrected chi connectivity index (χ0v) is 11.5. The lowest BCUT2D eigenvalue weighted by Gasteiger charge is -2.40. The van der Waals surface area contributed by atoms with Crippen LogP contribution < -0.4 is 10.6 Å². The summed E-state index contributed by atoms with van der Waals surface area (Å²) in [6, 6.07) is 3.18. The second-order valence-corrected chi connectivity index (χ2v) is 5.23. The number of nitrogens with two attached hydrogens (primary N) is 1. The molecule has 108 valence electrons. The molecule has 1 aromatic rings. The number of hydrogen-bond donors (Lipinski definition) is 2. The minimum absolute atomic E-state index is 0.387. The SMILES string of the molecule is CCC1(C(=O)O)CCCN(c2cc(C(N)=O)ccn2)C1. The monoisotopic (exact) mass is 277 g/mol. The maximum atomic E-state index is 11.5. The van der Waals surface area contributed by atoms with E-state index in [9.17, 15) is 14.7 Å². The fourth-order valence-electron chi connectivity index (χ4n) is 2.69. The normalized spacial score (nSPS) is 22.6. The molecule has 1 amide bonds. The molecule has 1 fully saturated rings. The highest BCUT2D eigenvalue weighted by atomic mass is 16.4. The number of rotatable bonds is 4. The molecule has 1 aromatic heterocycles. The highest BCUT2D eigenvalue weighted by molar-refractivity contribution is 5.93. The van der Waals surface area contributed by atoms with Crippen LogP contribution in [-0.4, -0.2) is 35.1 Å². The molecule has 0 aromatic carbocycles. The first-order valence-corrected chi connectivity index (χ1v) is 6.73. The van der Waals surface area contributed by atoms with Crippen LogP contribution in [-0.2, 0) is 4.79 Å². The van der Waals surface area contributed by atoms with E-state index in [-0.39, 0.29) is 0 Å². The van der Waals surface area contributed by atoms with Crippen LogP contribution in [0.25, 0.3) is 0 Å². The highest BCUT2D eigenvalue weighted by Crippen LogP contribution is 2.35. The lowest BCUT2D eigenvalue weighted by molar-refractivity contribution is -0.149. The Balaban J connectivity index is 2.27. The summed E-state index contributed by atoms with van der Waals surface area (Å²) in [5.74, 6) is -0.665. The fourth-order valence-corrected chi connectivity index (χ4v) is 2.69. The average molecular weight is 277 g/mol. The van der Waals surface area contributed by atoms with Crippen molar-refractivity contribution in [2.24, 2.45) is 11.1 Å². The lowest BCUT2D eigenvalue weighted by Crippen LogP contribution is -2.48. The molecule has 6 heteroatoms. The van der Waals surface area contributed by atoms with Gasteiger partial charge in [-0.05, 0) is 31.4 Å². The van der Waals surface area contributed by atoms with Crippen LogP contribution in [0, 0.1) is 5.41 Å². The third kappa shape index (κ3) is 2.59. The van der Waals surface area contributed by atoms with Gasteiger partial charge in [0.25, 0.3) is 0 Å². The Morgan fingerprint density at radius 3 is 2.90 bits per heavy atom. The zero-order valence-electron chi connectivity index (χ0n) is 11.5. The molecule has 0 bridgehead atoms. The van der Waals surface area contributed by atoms with E-state index in [1.807, 2.05) is 11.8 Å². The maximum Gasteiger partial charge on any atom is 0.311 e. The molecule has 6 nitrogen and oxygen atoms in total. The predicted octanol–water partition coefficient (Wildman–Crippen LogP) is 1.26. The quantitative estimate of drug-likeness (QED) is 0.863. The Hall–Kier alpha value is -2.11. The summed E-state index contributed by atoms with van der Waals surface area (Å²) in [7, 11) is 0. The van der Waals surface area contributed by atoms with E-state index in [0.29, 0.717) is 30.8 Å². The molecule has 1 saturated heterocycles. The summed E-state index contributed by atoms with van der Waals surface area (Å²) >= 11 is 0. The molecular formula is C14H19N3O3. The first-order valence-electron chi connectivity index (χ1n) is 6.73. The molecule has 0 saturated carbocycles. The van der Waals surface area contributed by atoms with Gasteiger partial charge in [0.2, 0.25) is 5.91 Å². The van der Waals surface area contributed by atoms with Crippen LogP contribution >= 0.6 is 0 Å². The number of carboxylic acids is 1. The summed E-state index contributed by atoms with van der Waals surface area (Å²) in [5.41, 5.74) is 4.91. The third-order valence-corrected chi connectivity index (χ3v) is 4.06. The van der Waals surface area contributed by atoms with E-state index >= 15 is 0 Å². The van der Waals surface area contributed by atoms with Gasteiger partial charge in [-0.3, -0.25) is 9.59 Å². The predicted molar refractivity (Wildman–Crippen MR) is 74.6 cm³/mol. The molecule has 1 unspecified atom stereocenters. The Bertz CT molecular complexity index is 532. The van der Waals surface area contributed by atoms with Gasteiger partial charge in [0.05, 0.1) is 5.41 Å². The summed E-state index contributed by atoms with van der Waals surface area (Å²) in [6.07, 6.45) is 3.57. The van der Waals surface area contributed by atoms with Gasteiger partial charge >= 0.3 is 5.97 Å². The maximum absolute atomic E-state index is 11.5. The average Bonchev–Trinajstić information content (AvgIpc) is 2.47. The van der Waals surface area contributed by atoms with Gasteiger partial charge in [-0.2, -0.15) is 0 Å². The number of aliphatic carboxylic acids is 1. The number of pyridine rings is 1. The molecule has 0 radical (unpaired) electrons. The van der Waals surface area contributed by atoms with Crippen LogP contribution in [0.15, 0.2) is 18.3 Å². The van der Waals surface area contributed by atoms with E-state index in [4.69, 9.17) is 5.73 Å². The van der Waals surface area contributed by atoms with Crippen LogP contribution in [0.5, 0.6) is 0 Å². The van der Waals surface area contributed by atoms with E-state index in [1.54, 1.807) is 12.1 Å². The largest absolute Gasteiger partial charge is 0.481 e. The number of hydrogen-bond acceptors (Lipinski definition) is 4. The second kappa shape index (κ2) is 5.48. The number of carbonyl (C=O) groups is 2. The van der Waals surface area contributed by atoms with E-state index in [2.05, 4.69) is 4.98 Å². The molecule has 0 spiro atoms. The van der Waals surface area contributed by atoms with Crippen LogP contribution in [0.3, 0.4) is 0 Å². The lowest BCUT2D eigenvalue weighted by atomic mass is 9.77. The van der Waals surface area contributed by atoms with Crippen LogP contribution in [0.1, 0.15) is 36.5 Å². The van der Waals surface area contributed by atoms with Crippen molar-refractivity contribution in [1.82, 2.24) is 4.98 Å². The Kier molecular flexibility index (Phi) is 3.92. The standard InChI is InChI=1S/C14H19N3O3/c1-2-14(13(19)20)5-3-7-17(9-14)11-8-10(12(15)18)4-6-16-11/h4,6,8H,2-3,5,7,9H2,1H3,(H2,15,18)(H,19,20). The fraction of sp³-hybridized carbons (Fsp3) is 0.500. The van der Waals surface area contributed by atoms with E-state index in [1.165, 1.54) is 6.20 Å². The van der Waals surface area contributed by atoms with Crippen molar-refractivity contribution >= 4 is 17.7 Å². The number of carboxylic acid groups (broad SMARTS) is 1. The summed E-state index contributed by atoms with van der Waals surface area (Å²) < 4.78 is 0. The minimum atomic E-state index is -0.768. The molecule has 0 aliphatic carbocycles. The third-order valence-electron chi connectivity index (χ3n) is 4.06. The van der Waals surface area contributed by atoms with Crippen molar-refractivity contribution in [2.45, 2.75) is 26.2 Å². The molecule has 2 heterocycles. The highest BCUT2D eigenvalue weighted by Gasteiger charge is 2.41. The minimum Gasteiger partial charge on any atom is -0.481 e. The number of carbonyl (C=O) groups excluding carboxylic acids is 1. The second-order valence-electron chi connectivity index (χ2n) is 5.23. The number of primary amides is 1. The molecule has 2 rings (SSSR count). The van der Waals surface area contributed by atoms with Crippen molar-refractivity contribution in [3.05, 3.63) is 23.9 Å². The zero-order chi connectivity index (χ0) is 14.8. The van der Waals surface area contributed by atoms with Gasteiger partial charge in [0, 0.05) is 24.8 Å². The van der Waals surface area contributed by atoms with Crippen molar-refractivity contribution in [3.8, 4) is 0 Å². The summed E-state index contributed by atoms with van der Waals surface area (Å²) in [6.45, 7) is 3.04. The molecule has 1 atom stereocenters. The first-order chi connectivity index (χ1) is 9.48.